The van der Waals surface area contributed by atoms with Crippen LogP contribution in [-0.4, -0.2) is 75.2 Å². The molecule has 7 atom stereocenters. The number of esters is 3. The molecule has 0 unspecified atom stereocenters. The molecular formula is C35H36F3NO8S2. The van der Waals surface area contributed by atoms with Crippen molar-refractivity contribution in [2.45, 2.75) is 67.6 Å². The predicted molar refractivity (Wildman–Crippen MR) is 179 cm³/mol. The van der Waals surface area contributed by atoms with E-state index in [2.05, 4.69) is 11.3 Å². The van der Waals surface area contributed by atoms with Gasteiger partial charge < -0.3 is 18.9 Å². The number of benzene rings is 3. The second-order valence-corrected chi connectivity index (χ2v) is 14.8. The number of ether oxygens (including phenoxy) is 4. The number of hydrogen-bond acceptors (Lipinski definition) is 9. The van der Waals surface area contributed by atoms with Gasteiger partial charge in [-0.1, -0.05) is 61.2 Å². The number of carbonyl (C=O) groups is 3. The average molecular weight is 720 g/mol. The van der Waals surface area contributed by atoms with Crippen LogP contribution in [0.1, 0.15) is 51.8 Å². The molecule has 9 nitrogen and oxygen atoms in total. The quantitative estimate of drug-likeness (QED) is 0.139. The SMILES string of the molecule is C=C([C@@H](N[S@](=O)C(C)(C)C)[C@H]1O[C@H](SC)[C@H](OC(=O)c2ccccc2)[C@@H](OC(=O)c2ccccc2)[C@H]1OC(=O)c1ccccc1)C(F)(F)F. The van der Waals surface area contributed by atoms with Gasteiger partial charge in [-0.2, -0.15) is 13.2 Å². The molecule has 14 heteroatoms. The highest BCUT2D eigenvalue weighted by molar-refractivity contribution is 7.99. The largest absolute Gasteiger partial charge is 0.452 e. The molecule has 49 heavy (non-hydrogen) atoms. The summed E-state index contributed by atoms with van der Waals surface area (Å²) in [4.78, 5) is 40.5. The third-order valence-electron chi connectivity index (χ3n) is 7.38. The van der Waals surface area contributed by atoms with Gasteiger partial charge in [0.05, 0.1) is 38.5 Å². The zero-order chi connectivity index (χ0) is 35.9. The highest BCUT2D eigenvalue weighted by atomic mass is 32.2. The molecule has 1 N–H and O–H groups in total. The van der Waals surface area contributed by atoms with Crippen LogP contribution in [-0.2, 0) is 29.9 Å². The smallest absolute Gasteiger partial charge is 0.413 e. The maximum Gasteiger partial charge on any atom is 0.413 e. The van der Waals surface area contributed by atoms with Crippen LogP contribution < -0.4 is 4.72 Å². The second-order valence-electron chi connectivity index (χ2n) is 11.9. The van der Waals surface area contributed by atoms with E-state index in [-0.39, 0.29) is 16.7 Å². The van der Waals surface area contributed by atoms with Crippen molar-refractivity contribution in [2.75, 3.05) is 6.26 Å². The molecule has 1 aliphatic rings. The van der Waals surface area contributed by atoms with Crippen LogP contribution in [0.3, 0.4) is 0 Å². The third kappa shape index (κ3) is 9.59. The first kappa shape index (κ1) is 37.8. The van der Waals surface area contributed by atoms with Crippen molar-refractivity contribution < 1.29 is 50.7 Å². The molecule has 262 valence electrons. The Hall–Kier alpha value is -3.98. The third-order valence-corrected chi connectivity index (χ3v) is 9.80. The fourth-order valence-corrected chi connectivity index (χ4v) is 6.37. The van der Waals surface area contributed by atoms with Gasteiger partial charge in [0.15, 0.2) is 18.3 Å². The van der Waals surface area contributed by atoms with Crippen molar-refractivity contribution in [3.8, 4) is 0 Å². The summed E-state index contributed by atoms with van der Waals surface area (Å²) in [5.41, 5.74) is -2.44. The molecule has 3 aromatic rings. The van der Waals surface area contributed by atoms with Crippen molar-refractivity contribution in [2.24, 2.45) is 0 Å². The Bertz CT molecular complexity index is 1640. The van der Waals surface area contributed by atoms with Gasteiger partial charge in [-0.05, 0) is 63.4 Å². The lowest BCUT2D eigenvalue weighted by molar-refractivity contribution is -0.206. The Morgan fingerprint density at radius 3 is 1.51 bits per heavy atom. The van der Waals surface area contributed by atoms with E-state index in [9.17, 15) is 31.8 Å². The van der Waals surface area contributed by atoms with Crippen LogP contribution in [0.4, 0.5) is 13.2 Å². The zero-order valence-electron chi connectivity index (χ0n) is 27.0. The molecule has 4 rings (SSSR count). The highest BCUT2D eigenvalue weighted by Crippen LogP contribution is 2.39. The van der Waals surface area contributed by atoms with Crippen LogP contribution in [0, 0.1) is 0 Å². The minimum absolute atomic E-state index is 0.0247. The summed E-state index contributed by atoms with van der Waals surface area (Å²) < 4.78 is 81.9. The number of hydrogen-bond donors (Lipinski definition) is 1. The van der Waals surface area contributed by atoms with Crippen molar-refractivity contribution in [3.05, 3.63) is 120 Å². The Balaban J connectivity index is 1.89. The minimum atomic E-state index is -5.03. The van der Waals surface area contributed by atoms with Gasteiger partial charge in [-0.15, -0.1) is 11.8 Å². The molecule has 1 heterocycles. The van der Waals surface area contributed by atoms with Gasteiger partial charge >= 0.3 is 24.1 Å². The summed E-state index contributed by atoms with van der Waals surface area (Å²) in [7, 11) is -2.13. The highest BCUT2D eigenvalue weighted by Gasteiger charge is 2.57. The maximum absolute atomic E-state index is 14.4. The second kappa shape index (κ2) is 16.2. The molecule has 1 aliphatic heterocycles. The van der Waals surface area contributed by atoms with Gasteiger partial charge in [0.1, 0.15) is 11.5 Å². The summed E-state index contributed by atoms with van der Waals surface area (Å²) in [5.74, 6) is -2.79. The molecule has 0 spiro atoms. The molecule has 0 radical (unpaired) electrons. The average Bonchev–Trinajstić information content (AvgIpc) is 3.08. The topological polar surface area (TPSA) is 117 Å². The lowest BCUT2D eigenvalue weighted by Gasteiger charge is -2.47. The van der Waals surface area contributed by atoms with Crippen LogP contribution in [0.15, 0.2) is 103 Å². The first-order valence-corrected chi connectivity index (χ1v) is 17.5. The zero-order valence-corrected chi connectivity index (χ0v) is 28.7. The molecule has 0 amide bonds. The number of halogens is 3. The van der Waals surface area contributed by atoms with Gasteiger partial charge in [-0.3, -0.25) is 0 Å². The van der Waals surface area contributed by atoms with E-state index in [0.717, 1.165) is 11.8 Å². The molecule has 1 fully saturated rings. The predicted octanol–water partition coefficient (Wildman–Crippen LogP) is 6.29. The molecule has 0 aliphatic carbocycles. The lowest BCUT2D eigenvalue weighted by Crippen LogP contribution is -2.66. The monoisotopic (exact) mass is 719 g/mol. The maximum atomic E-state index is 14.4. The van der Waals surface area contributed by atoms with E-state index < -0.39 is 81.3 Å². The van der Waals surface area contributed by atoms with Gasteiger partial charge in [0, 0.05) is 5.57 Å². The van der Waals surface area contributed by atoms with Crippen LogP contribution in [0.2, 0.25) is 0 Å². The van der Waals surface area contributed by atoms with E-state index in [1.165, 1.54) is 36.4 Å². The minimum Gasteiger partial charge on any atom is -0.452 e. The number of rotatable bonds is 11. The van der Waals surface area contributed by atoms with E-state index in [0.29, 0.717) is 0 Å². The summed E-state index contributed by atoms with van der Waals surface area (Å²) in [6.45, 7) is 7.90. The van der Waals surface area contributed by atoms with Crippen molar-refractivity contribution in [1.82, 2.24) is 4.72 Å². The van der Waals surface area contributed by atoms with E-state index in [1.54, 1.807) is 81.6 Å². The molecule has 0 aromatic heterocycles. The van der Waals surface area contributed by atoms with E-state index >= 15 is 0 Å². The van der Waals surface area contributed by atoms with Crippen LogP contribution >= 0.6 is 11.8 Å². The normalized spacial score (nSPS) is 22.3. The summed E-state index contributed by atoms with van der Waals surface area (Å²) in [6.07, 6.45) is -10.4. The Kier molecular flexibility index (Phi) is 12.5. The van der Waals surface area contributed by atoms with Gasteiger partial charge in [0.25, 0.3) is 0 Å². The Labute approximate surface area is 289 Å². The number of carbonyl (C=O) groups excluding carboxylic acids is 3. The number of thioether (sulfide) groups is 1. The summed E-state index contributed by atoms with van der Waals surface area (Å²) in [6, 6.07) is 21.1. The molecular weight excluding hydrogens is 684 g/mol. The van der Waals surface area contributed by atoms with Gasteiger partial charge in [-0.25, -0.2) is 23.3 Å². The number of nitrogens with one attached hydrogen (secondary N) is 1. The fraction of sp³-hybridized carbons (Fsp3) is 0.343. The number of alkyl halides is 3. The fourth-order valence-electron chi connectivity index (χ4n) is 4.79. The first-order valence-electron chi connectivity index (χ1n) is 15.0. The van der Waals surface area contributed by atoms with Crippen LogP contribution in [0.5, 0.6) is 0 Å². The van der Waals surface area contributed by atoms with E-state index in [1.807, 2.05) is 0 Å². The molecule has 0 saturated carbocycles. The van der Waals surface area contributed by atoms with Crippen molar-refractivity contribution >= 4 is 40.7 Å². The lowest BCUT2D eigenvalue weighted by atomic mass is 9.90. The van der Waals surface area contributed by atoms with E-state index in [4.69, 9.17) is 18.9 Å². The Morgan fingerprint density at radius 2 is 1.14 bits per heavy atom. The van der Waals surface area contributed by atoms with Gasteiger partial charge in [0.2, 0.25) is 0 Å². The van der Waals surface area contributed by atoms with Crippen molar-refractivity contribution in [1.29, 1.82) is 0 Å². The summed E-state index contributed by atoms with van der Waals surface area (Å²) in [5, 5.41) is 0. The first-order chi connectivity index (χ1) is 23.1. The van der Waals surface area contributed by atoms with Crippen molar-refractivity contribution in [3.63, 3.8) is 0 Å². The Morgan fingerprint density at radius 1 is 0.755 bits per heavy atom. The molecule has 0 bridgehead atoms. The summed E-state index contributed by atoms with van der Waals surface area (Å²) >= 11 is 0.954. The van der Waals surface area contributed by atoms with Crippen LogP contribution in [0.25, 0.3) is 0 Å². The molecule has 3 aromatic carbocycles. The molecule has 1 saturated heterocycles. The standard InChI is InChI=1S/C35H36F3NO8S2/c1-21(35(36,37)38)25(39-49(43)34(2,3)4)26-27(44-30(40)22-15-9-6-10-16-22)28(45-31(41)23-17-11-7-12-18-23)29(33(47-26)48-5)46-32(42)24-19-13-8-14-20-24/h6-20,25-29,33,39H,1H2,2-5H3/t25-,26-,27+,28+,29-,33-,49-/m1/s1.